The Hall–Kier alpha value is -0.740. The Kier molecular flexibility index (Phi) is 3.49. The Bertz CT molecular complexity index is 343. The van der Waals surface area contributed by atoms with Crippen molar-refractivity contribution in [2.75, 3.05) is 18.5 Å². The molecule has 0 saturated heterocycles. The van der Waals surface area contributed by atoms with E-state index in [9.17, 15) is 0 Å². The highest BCUT2D eigenvalue weighted by molar-refractivity contribution is 9.10. The largest absolute Gasteiger partial charge is 0.488 e. The SMILES string of the molecule is NCCCC1COc2c(Br)cccc2N1. The number of ether oxygens (including phenoxy) is 1. The first-order chi connectivity index (χ1) is 7.31. The number of anilines is 1. The van der Waals surface area contributed by atoms with Gasteiger partial charge in [-0.3, -0.25) is 0 Å². The van der Waals surface area contributed by atoms with Crippen LogP contribution >= 0.6 is 15.9 Å². The van der Waals surface area contributed by atoms with E-state index in [4.69, 9.17) is 10.5 Å². The van der Waals surface area contributed by atoms with Gasteiger partial charge >= 0.3 is 0 Å². The molecule has 4 heteroatoms. The van der Waals surface area contributed by atoms with Crippen LogP contribution in [0.4, 0.5) is 5.69 Å². The minimum atomic E-state index is 0.385. The predicted octanol–water partition coefficient (Wildman–Crippen LogP) is 2.36. The molecule has 1 heterocycles. The maximum Gasteiger partial charge on any atom is 0.156 e. The van der Waals surface area contributed by atoms with Crippen molar-refractivity contribution in [2.24, 2.45) is 5.73 Å². The van der Waals surface area contributed by atoms with Crippen LogP contribution < -0.4 is 15.8 Å². The zero-order valence-electron chi connectivity index (χ0n) is 8.50. The summed E-state index contributed by atoms with van der Waals surface area (Å²) in [5, 5.41) is 3.46. The van der Waals surface area contributed by atoms with Gasteiger partial charge in [-0.15, -0.1) is 0 Å². The fourth-order valence-corrected chi connectivity index (χ4v) is 2.22. The molecule has 1 atom stereocenters. The third-order valence-corrected chi connectivity index (χ3v) is 3.14. The van der Waals surface area contributed by atoms with Crippen LogP contribution in [0.2, 0.25) is 0 Å². The number of halogens is 1. The summed E-state index contributed by atoms with van der Waals surface area (Å²) in [5.41, 5.74) is 6.56. The Labute approximate surface area is 98.1 Å². The van der Waals surface area contributed by atoms with Gasteiger partial charge in [0, 0.05) is 0 Å². The van der Waals surface area contributed by atoms with Crippen LogP contribution in [-0.4, -0.2) is 19.2 Å². The lowest BCUT2D eigenvalue weighted by atomic mass is 10.1. The van der Waals surface area contributed by atoms with Crippen molar-refractivity contribution in [1.82, 2.24) is 0 Å². The Morgan fingerprint density at radius 3 is 3.20 bits per heavy atom. The summed E-state index contributed by atoms with van der Waals surface area (Å²) in [5.74, 6) is 0.918. The van der Waals surface area contributed by atoms with E-state index in [2.05, 4.69) is 21.2 Å². The molecule has 82 valence electrons. The van der Waals surface area contributed by atoms with Crippen LogP contribution in [0.25, 0.3) is 0 Å². The van der Waals surface area contributed by atoms with Crippen LogP contribution in [0.1, 0.15) is 12.8 Å². The normalized spacial score (nSPS) is 18.9. The zero-order chi connectivity index (χ0) is 10.7. The standard InChI is InChI=1S/C11H15BrN2O/c12-9-4-1-5-10-11(9)15-7-8(14-10)3-2-6-13/h1,4-5,8,14H,2-3,6-7,13H2. The van der Waals surface area contributed by atoms with Gasteiger partial charge in [-0.1, -0.05) is 6.07 Å². The molecule has 0 aliphatic carbocycles. The van der Waals surface area contributed by atoms with Crippen molar-refractivity contribution in [2.45, 2.75) is 18.9 Å². The number of rotatable bonds is 3. The van der Waals surface area contributed by atoms with Gasteiger partial charge in [0.05, 0.1) is 16.2 Å². The fraction of sp³-hybridized carbons (Fsp3) is 0.455. The molecule has 0 aromatic heterocycles. The lowest BCUT2D eigenvalue weighted by Gasteiger charge is -2.28. The summed E-state index contributed by atoms with van der Waals surface area (Å²) in [7, 11) is 0. The van der Waals surface area contributed by atoms with E-state index in [1.54, 1.807) is 0 Å². The van der Waals surface area contributed by atoms with E-state index in [-0.39, 0.29) is 0 Å². The lowest BCUT2D eigenvalue weighted by molar-refractivity contribution is 0.275. The molecular formula is C11H15BrN2O. The highest BCUT2D eigenvalue weighted by atomic mass is 79.9. The minimum Gasteiger partial charge on any atom is -0.488 e. The second-order valence-electron chi connectivity index (χ2n) is 3.70. The summed E-state index contributed by atoms with van der Waals surface area (Å²) in [4.78, 5) is 0. The molecule has 1 unspecified atom stereocenters. The maximum atomic E-state index is 5.71. The number of hydrogen-bond acceptors (Lipinski definition) is 3. The lowest BCUT2D eigenvalue weighted by Crippen LogP contribution is -2.31. The third-order valence-electron chi connectivity index (χ3n) is 2.51. The molecule has 1 aliphatic rings. The highest BCUT2D eigenvalue weighted by Gasteiger charge is 2.19. The van der Waals surface area contributed by atoms with Crippen molar-refractivity contribution in [3.8, 4) is 5.75 Å². The van der Waals surface area contributed by atoms with E-state index in [0.717, 1.165) is 41.9 Å². The van der Waals surface area contributed by atoms with Crippen molar-refractivity contribution in [3.63, 3.8) is 0 Å². The van der Waals surface area contributed by atoms with Crippen molar-refractivity contribution < 1.29 is 4.74 Å². The van der Waals surface area contributed by atoms with Crippen LogP contribution in [-0.2, 0) is 0 Å². The summed E-state index contributed by atoms with van der Waals surface area (Å²) >= 11 is 3.47. The van der Waals surface area contributed by atoms with E-state index < -0.39 is 0 Å². The topological polar surface area (TPSA) is 47.3 Å². The van der Waals surface area contributed by atoms with Crippen LogP contribution in [0, 0.1) is 0 Å². The molecule has 3 N–H and O–H groups in total. The molecule has 1 aromatic rings. The van der Waals surface area contributed by atoms with Crippen molar-refractivity contribution in [1.29, 1.82) is 0 Å². The number of hydrogen-bond donors (Lipinski definition) is 2. The molecule has 1 aromatic carbocycles. The van der Waals surface area contributed by atoms with Crippen LogP contribution in [0.5, 0.6) is 5.75 Å². The molecule has 0 radical (unpaired) electrons. The van der Waals surface area contributed by atoms with Gasteiger partial charge < -0.3 is 15.8 Å². The van der Waals surface area contributed by atoms with E-state index in [1.807, 2.05) is 18.2 Å². The van der Waals surface area contributed by atoms with Gasteiger partial charge in [0.15, 0.2) is 5.75 Å². The fourth-order valence-electron chi connectivity index (χ4n) is 1.73. The number of nitrogens with one attached hydrogen (secondary N) is 1. The number of fused-ring (bicyclic) bond motifs is 1. The third kappa shape index (κ3) is 2.44. The van der Waals surface area contributed by atoms with Gasteiger partial charge in [-0.05, 0) is 47.4 Å². The first-order valence-electron chi connectivity index (χ1n) is 5.19. The molecular weight excluding hydrogens is 256 g/mol. The predicted molar refractivity (Wildman–Crippen MR) is 65.3 cm³/mol. The van der Waals surface area contributed by atoms with Crippen molar-refractivity contribution >= 4 is 21.6 Å². The van der Waals surface area contributed by atoms with E-state index in [0.29, 0.717) is 6.04 Å². The number of nitrogens with two attached hydrogens (primary N) is 1. The molecule has 0 bridgehead atoms. The van der Waals surface area contributed by atoms with Gasteiger partial charge in [0.1, 0.15) is 6.61 Å². The summed E-state index contributed by atoms with van der Waals surface area (Å²) < 4.78 is 6.72. The summed E-state index contributed by atoms with van der Waals surface area (Å²) in [6.07, 6.45) is 2.09. The molecule has 0 fully saturated rings. The Morgan fingerprint density at radius 1 is 1.53 bits per heavy atom. The van der Waals surface area contributed by atoms with Gasteiger partial charge in [-0.25, -0.2) is 0 Å². The highest BCUT2D eigenvalue weighted by Crippen LogP contribution is 2.36. The number of para-hydroxylation sites is 1. The van der Waals surface area contributed by atoms with Gasteiger partial charge in [0.25, 0.3) is 0 Å². The van der Waals surface area contributed by atoms with Gasteiger partial charge in [0.2, 0.25) is 0 Å². The summed E-state index contributed by atoms with van der Waals surface area (Å²) in [6, 6.07) is 6.41. The molecule has 15 heavy (non-hydrogen) atoms. The second kappa shape index (κ2) is 4.86. The number of benzene rings is 1. The molecule has 0 amide bonds. The molecule has 0 saturated carbocycles. The minimum absolute atomic E-state index is 0.385. The first kappa shape index (κ1) is 10.8. The van der Waals surface area contributed by atoms with Crippen LogP contribution in [0.3, 0.4) is 0 Å². The van der Waals surface area contributed by atoms with E-state index in [1.165, 1.54) is 0 Å². The van der Waals surface area contributed by atoms with Crippen LogP contribution in [0.15, 0.2) is 22.7 Å². The average molecular weight is 271 g/mol. The molecule has 2 rings (SSSR count). The zero-order valence-corrected chi connectivity index (χ0v) is 10.1. The quantitative estimate of drug-likeness (QED) is 0.887. The van der Waals surface area contributed by atoms with Crippen molar-refractivity contribution in [3.05, 3.63) is 22.7 Å². The molecule has 1 aliphatic heterocycles. The monoisotopic (exact) mass is 270 g/mol. The first-order valence-corrected chi connectivity index (χ1v) is 5.98. The summed E-state index contributed by atoms with van der Waals surface area (Å²) in [6.45, 7) is 1.46. The van der Waals surface area contributed by atoms with Gasteiger partial charge in [-0.2, -0.15) is 0 Å². The molecule has 3 nitrogen and oxygen atoms in total. The van der Waals surface area contributed by atoms with E-state index >= 15 is 0 Å². The average Bonchev–Trinajstić information content (AvgIpc) is 2.26. The maximum absolute atomic E-state index is 5.71. The Morgan fingerprint density at radius 2 is 2.40 bits per heavy atom. The Balaban J connectivity index is 2.07. The smallest absolute Gasteiger partial charge is 0.156 e. The molecule has 0 spiro atoms. The second-order valence-corrected chi connectivity index (χ2v) is 4.55.